The third-order valence-electron chi connectivity index (χ3n) is 4.69. The number of hydrogen-bond acceptors (Lipinski definition) is 4. The number of sulfone groups is 1. The number of nitrogens with zero attached hydrogens (tertiary/aromatic N) is 1. The summed E-state index contributed by atoms with van der Waals surface area (Å²) in [5.74, 6) is 0.593. The van der Waals surface area contributed by atoms with Gasteiger partial charge >= 0.3 is 0 Å². The van der Waals surface area contributed by atoms with E-state index in [-0.39, 0.29) is 9.79 Å². The Kier molecular flexibility index (Phi) is 5.89. The lowest BCUT2D eigenvalue weighted by molar-refractivity contribution is 0.340. The lowest BCUT2D eigenvalue weighted by Gasteiger charge is -2.14. The highest BCUT2D eigenvalue weighted by atomic mass is 32.2. The molecular formula is C22H25NO4S. The first-order valence-electron chi connectivity index (χ1n) is 9.50. The molecule has 28 heavy (non-hydrogen) atoms. The molecule has 148 valence electrons. The first kappa shape index (κ1) is 20.1. The van der Waals surface area contributed by atoms with Gasteiger partial charge in [0.1, 0.15) is 10.6 Å². The maximum atomic E-state index is 13.2. The number of hydrogen-bond donors (Lipinski definition) is 0. The van der Waals surface area contributed by atoms with Crippen LogP contribution in [0.2, 0.25) is 0 Å². The zero-order valence-corrected chi connectivity index (χ0v) is 17.3. The van der Waals surface area contributed by atoms with E-state index in [4.69, 9.17) is 4.74 Å². The van der Waals surface area contributed by atoms with Gasteiger partial charge in [0.05, 0.1) is 17.0 Å². The zero-order chi connectivity index (χ0) is 20.3. The molecular weight excluding hydrogens is 374 g/mol. The average molecular weight is 400 g/mol. The summed E-state index contributed by atoms with van der Waals surface area (Å²) in [6, 6.07) is 11.8. The van der Waals surface area contributed by atoms with E-state index in [1.54, 1.807) is 18.2 Å². The van der Waals surface area contributed by atoms with E-state index in [1.807, 2.05) is 30.5 Å². The monoisotopic (exact) mass is 399 g/mol. The number of rotatable bonds is 7. The Hall–Kier alpha value is -2.60. The molecule has 0 spiro atoms. The third-order valence-corrected chi connectivity index (χ3v) is 6.45. The molecule has 6 heteroatoms. The van der Waals surface area contributed by atoms with Gasteiger partial charge in [0.15, 0.2) is 0 Å². The van der Waals surface area contributed by atoms with Gasteiger partial charge in [-0.25, -0.2) is 8.42 Å². The Balaban J connectivity index is 2.20. The molecule has 0 unspecified atom stereocenters. The van der Waals surface area contributed by atoms with Gasteiger partial charge in [0, 0.05) is 18.1 Å². The molecule has 0 amide bonds. The van der Waals surface area contributed by atoms with Gasteiger partial charge < -0.3 is 9.30 Å². The molecule has 3 rings (SSSR count). The maximum Gasteiger partial charge on any atom is 0.211 e. The summed E-state index contributed by atoms with van der Waals surface area (Å²) >= 11 is 0. The van der Waals surface area contributed by atoms with Crippen LogP contribution in [0.4, 0.5) is 0 Å². The van der Waals surface area contributed by atoms with E-state index in [0.717, 1.165) is 23.9 Å². The molecule has 2 aromatic carbocycles. The zero-order valence-electron chi connectivity index (χ0n) is 16.4. The lowest BCUT2D eigenvalue weighted by atomic mass is 10.1. The van der Waals surface area contributed by atoms with Crippen molar-refractivity contribution in [1.82, 2.24) is 4.57 Å². The van der Waals surface area contributed by atoms with Crippen LogP contribution in [-0.2, 0) is 16.4 Å². The molecule has 0 atom stereocenters. The van der Waals surface area contributed by atoms with Crippen LogP contribution in [0.25, 0.3) is 10.9 Å². The number of fused-ring (bicyclic) bond motifs is 1. The van der Waals surface area contributed by atoms with E-state index in [2.05, 4.69) is 6.92 Å². The highest BCUT2D eigenvalue weighted by Crippen LogP contribution is 2.24. The fourth-order valence-corrected chi connectivity index (χ4v) is 4.57. The number of unbranched alkanes of at least 4 members (excludes halogenated alkanes) is 1. The van der Waals surface area contributed by atoms with Crippen LogP contribution in [0.5, 0.6) is 5.75 Å². The molecule has 0 N–H and O–H groups in total. The van der Waals surface area contributed by atoms with Gasteiger partial charge in [-0.1, -0.05) is 25.0 Å². The van der Waals surface area contributed by atoms with E-state index in [9.17, 15) is 13.2 Å². The molecule has 0 aliphatic heterocycles. The number of pyridine rings is 1. The number of aromatic nitrogens is 1. The molecule has 5 nitrogen and oxygen atoms in total. The number of ether oxygens (including phenoxy) is 1. The Labute approximate surface area is 165 Å². The summed E-state index contributed by atoms with van der Waals surface area (Å²) in [4.78, 5) is 13.0. The second-order valence-electron chi connectivity index (χ2n) is 6.80. The van der Waals surface area contributed by atoms with Crippen LogP contribution in [0, 0.1) is 6.92 Å². The van der Waals surface area contributed by atoms with Crippen LogP contribution in [0.1, 0.15) is 32.3 Å². The minimum atomic E-state index is -3.94. The van der Waals surface area contributed by atoms with Crippen LogP contribution < -0.4 is 10.2 Å². The summed E-state index contributed by atoms with van der Waals surface area (Å²) in [5, 5.41) is 0.433. The highest BCUT2D eigenvalue weighted by Gasteiger charge is 2.24. The predicted octanol–water partition coefficient (Wildman–Crippen LogP) is 4.34. The summed E-state index contributed by atoms with van der Waals surface area (Å²) in [5.41, 5.74) is 1.22. The van der Waals surface area contributed by atoms with Crippen LogP contribution >= 0.6 is 0 Å². The van der Waals surface area contributed by atoms with E-state index >= 15 is 0 Å². The van der Waals surface area contributed by atoms with Crippen molar-refractivity contribution in [3.8, 4) is 5.75 Å². The molecule has 1 heterocycles. The smallest absolute Gasteiger partial charge is 0.211 e. The highest BCUT2D eigenvalue weighted by molar-refractivity contribution is 7.91. The van der Waals surface area contributed by atoms with Crippen molar-refractivity contribution in [2.24, 2.45) is 0 Å². The third kappa shape index (κ3) is 3.83. The van der Waals surface area contributed by atoms with Gasteiger partial charge in [-0.05, 0) is 56.7 Å². The summed E-state index contributed by atoms with van der Waals surface area (Å²) in [6.07, 6.45) is 3.36. The SMILES string of the molecule is CCCCn1cc(S(=O)(=O)c2ccc(OCC)cc2)c(=O)c2cc(C)ccc21. The van der Waals surface area contributed by atoms with Crippen molar-refractivity contribution in [3.63, 3.8) is 0 Å². The quantitative estimate of drug-likeness (QED) is 0.593. The van der Waals surface area contributed by atoms with E-state index in [1.165, 1.54) is 18.3 Å². The van der Waals surface area contributed by atoms with Gasteiger partial charge in [0.25, 0.3) is 0 Å². The van der Waals surface area contributed by atoms with Crippen LogP contribution in [-0.4, -0.2) is 19.6 Å². The van der Waals surface area contributed by atoms with Gasteiger partial charge in [-0.3, -0.25) is 4.79 Å². The van der Waals surface area contributed by atoms with Crippen molar-refractivity contribution in [1.29, 1.82) is 0 Å². The number of aryl methyl sites for hydroxylation is 2. The Morgan fingerprint density at radius 2 is 1.75 bits per heavy atom. The van der Waals surface area contributed by atoms with Crippen LogP contribution in [0.3, 0.4) is 0 Å². The van der Waals surface area contributed by atoms with Crippen molar-refractivity contribution < 1.29 is 13.2 Å². The molecule has 0 radical (unpaired) electrons. The van der Waals surface area contributed by atoms with Crippen molar-refractivity contribution in [2.45, 2.75) is 49.9 Å². The normalized spacial score (nSPS) is 11.7. The van der Waals surface area contributed by atoms with E-state index < -0.39 is 15.3 Å². The molecule has 3 aromatic rings. The van der Waals surface area contributed by atoms with Gasteiger partial charge in [-0.15, -0.1) is 0 Å². The Morgan fingerprint density at radius 3 is 2.39 bits per heavy atom. The summed E-state index contributed by atoms with van der Waals surface area (Å²) in [7, 11) is -3.94. The molecule has 0 saturated carbocycles. The lowest BCUT2D eigenvalue weighted by Crippen LogP contribution is -2.19. The molecule has 0 aliphatic carbocycles. The Morgan fingerprint density at radius 1 is 1.04 bits per heavy atom. The molecule has 0 aliphatic rings. The molecule has 0 bridgehead atoms. The van der Waals surface area contributed by atoms with Crippen molar-refractivity contribution in [2.75, 3.05) is 6.61 Å². The number of benzene rings is 2. The second kappa shape index (κ2) is 8.19. The summed E-state index contributed by atoms with van der Waals surface area (Å²) in [6.45, 7) is 6.98. The second-order valence-corrected chi connectivity index (χ2v) is 8.72. The van der Waals surface area contributed by atoms with Gasteiger partial charge in [0.2, 0.25) is 15.3 Å². The topological polar surface area (TPSA) is 65.4 Å². The van der Waals surface area contributed by atoms with Crippen LogP contribution in [0.15, 0.2) is 63.2 Å². The molecule has 0 fully saturated rings. The first-order valence-corrected chi connectivity index (χ1v) is 11.0. The fraction of sp³-hybridized carbons (Fsp3) is 0.318. The van der Waals surface area contributed by atoms with Crippen molar-refractivity contribution in [3.05, 3.63) is 64.4 Å². The average Bonchev–Trinajstić information content (AvgIpc) is 2.68. The predicted molar refractivity (Wildman–Crippen MR) is 111 cm³/mol. The largest absolute Gasteiger partial charge is 0.494 e. The standard InChI is InChI=1S/C22H25NO4S/c1-4-6-13-23-15-21(22(24)19-14-16(3)7-12-20(19)23)28(25,26)18-10-8-17(9-11-18)27-5-2/h7-12,14-15H,4-6,13H2,1-3H3. The molecule has 0 saturated heterocycles. The van der Waals surface area contributed by atoms with E-state index in [0.29, 0.717) is 24.3 Å². The maximum absolute atomic E-state index is 13.2. The Bertz CT molecular complexity index is 1150. The van der Waals surface area contributed by atoms with Crippen molar-refractivity contribution >= 4 is 20.7 Å². The fourth-order valence-electron chi connectivity index (χ4n) is 3.20. The summed E-state index contributed by atoms with van der Waals surface area (Å²) < 4.78 is 33.7. The molecule has 1 aromatic heterocycles. The minimum absolute atomic E-state index is 0.0853. The first-order chi connectivity index (χ1) is 13.4. The van der Waals surface area contributed by atoms with Gasteiger partial charge in [-0.2, -0.15) is 0 Å². The minimum Gasteiger partial charge on any atom is -0.494 e.